The Kier molecular flexibility index (Phi) is 8.70. The second-order valence-electron chi connectivity index (χ2n) is 8.65. The molecule has 9 nitrogen and oxygen atoms in total. The van der Waals surface area contributed by atoms with Gasteiger partial charge in [0.2, 0.25) is 5.88 Å². The number of halogens is 2. The van der Waals surface area contributed by atoms with Gasteiger partial charge in [0.1, 0.15) is 17.5 Å². The first-order valence-electron chi connectivity index (χ1n) is 12.0. The van der Waals surface area contributed by atoms with Crippen LogP contribution in [0.4, 0.5) is 11.5 Å². The van der Waals surface area contributed by atoms with Crippen molar-refractivity contribution in [2.75, 3.05) is 37.9 Å². The van der Waals surface area contributed by atoms with Crippen LogP contribution < -0.4 is 21.4 Å². The molecule has 11 heteroatoms. The van der Waals surface area contributed by atoms with Crippen molar-refractivity contribution in [2.45, 2.75) is 18.9 Å². The lowest BCUT2D eigenvalue weighted by atomic mass is 10.1. The van der Waals surface area contributed by atoms with Gasteiger partial charge in [-0.1, -0.05) is 23.2 Å². The fourth-order valence-electron chi connectivity index (χ4n) is 4.51. The van der Waals surface area contributed by atoms with Crippen LogP contribution in [0.5, 0.6) is 0 Å². The molecule has 0 spiro atoms. The number of ether oxygens (including phenoxy) is 1. The number of pyridine rings is 2. The Morgan fingerprint density at radius 2 is 2.18 bits per heavy atom. The van der Waals surface area contributed by atoms with Crippen molar-refractivity contribution >= 4 is 58.1 Å². The van der Waals surface area contributed by atoms with Crippen molar-refractivity contribution in [1.82, 2.24) is 14.9 Å². The van der Waals surface area contributed by atoms with Crippen LogP contribution in [-0.4, -0.2) is 55.3 Å². The average molecular weight is 555 g/mol. The molecule has 1 fully saturated rings. The molecule has 0 radical (unpaired) electrons. The standard InChI is InChI=1S/C27H28Cl2N6O3/c1-31-8-3-6-21(28)27(32-2)38-16-19-5-4-10-34(19)24-13-23-20(12-22(24)29)26(37)17(15-36)14-35(23)18-7-9-33-25(30)11-18/h3,6-9,11-15,19,32H,4-5,10,16H2,1-2H3,(H2,30,33)/b6-3-,27-21-,31-8?. The topological polar surface area (TPSA) is 115 Å². The molecule has 4 rings (SSSR count). The van der Waals surface area contributed by atoms with E-state index in [-0.39, 0.29) is 17.0 Å². The van der Waals surface area contributed by atoms with Crippen LogP contribution in [0.15, 0.2) is 69.5 Å². The average Bonchev–Trinajstić information content (AvgIpc) is 3.37. The lowest BCUT2D eigenvalue weighted by Crippen LogP contribution is -2.34. The van der Waals surface area contributed by atoms with Gasteiger partial charge in [0.05, 0.1) is 33.5 Å². The number of hydrogen-bond acceptors (Lipinski definition) is 8. The van der Waals surface area contributed by atoms with Crippen LogP contribution in [0.2, 0.25) is 5.02 Å². The zero-order valence-corrected chi connectivity index (χ0v) is 22.5. The van der Waals surface area contributed by atoms with Crippen LogP contribution in [-0.2, 0) is 4.74 Å². The van der Waals surface area contributed by atoms with Gasteiger partial charge in [0.25, 0.3) is 0 Å². The van der Waals surface area contributed by atoms with Gasteiger partial charge in [-0.25, -0.2) is 4.98 Å². The number of nitrogens with zero attached hydrogens (tertiary/aromatic N) is 4. The molecule has 1 atom stereocenters. The van der Waals surface area contributed by atoms with E-state index >= 15 is 0 Å². The molecule has 1 aliphatic heterocycles. The number of aliphatic imine (C=N–C) groups is 1. The second kappa shape index (κ2) is 12.1. The number of carbonyl (C=O) groups excluding carboxylic acids is 1. The zero-order chi connectivity index (χ0) is 27.2. The molecule has 38 heavy (non-hydrogen) atoms. The fourth-order valence-corrected chi connectivity index (χ4v) is 5.01. The molecule has 0 bridgehead atoms. The summed E-state index contributed by atoms with van der Waals surface area (Å²) in [6.45, 7) is 1.13. The molecule has 1 aliphatic rings. The van der Waals surface area contributed by atoms with E-state index in [4.69, 9.17) is 33.7 Å². The summed E-state index contributed by atoms with van der Waals surface area (Å²) in [4.78, 5) is 34.8. The Labute approximate surface area is 230 Å². The number of allylic oxidation sites excluding steroid dienone is 3. The maximum absolute atomic E-state index is 13.0. The van der Waals surface area contributed by atoms with Crippen molar-refractivity contribution in [2.24, 2.45) is 4.99 Å². The van der Waals surface area contributed by atoms with Gasteiger partial charge < -0.3 is 25.3 Å². The normalized spacial score (nSPS) is 16.4. The molecule has 0 saturated carbocycles. The molecular formula is C27H28Cl2N6O3. The lowest BCUT2D eigenvalue weighted by Gasteiger charge is -2.29. The number of aldehydes is 1. The summed E-state index contributed by atoms with van der Waals surface area (Å²) < 4.78 is 7.80. The predicted molar refractivity (Wildman–Crippen MR) is 154 cm³/mol. The molecule has 1 aromatic carbocycles. The van der Waals surface area contributed by atoms with Crippen LogP contribution in [0.3, 0.4) is 0 Å². The number of aromatic nitrogens is 2. The van der Waals surface area contributed by atoms with Gasteiger partial charge in [0.15, 0.2) is 11.7 Å². The van der Waals surface area contributed by atoms with Gasteiger partial charge in [0, 0.05) is 50.7 Å². The highest BCUT2D eigenvalue weighted by atomic mass is 35.5. The van der Waals surface area contributed by atoms with E-state index in [0.29, 0.717) is 51.2 Å². The quantitative estimate of drug-likeness (QED) is 0.175. The summed E-state index contributed by atoms with van der Waals surface area (Å²) in [6, 6.07) is 6.94. The van der Waals surface area contributed by atoms with Crippen molar-refractivity contribution in [1.29, 1.82) is 0 Å². The van der Waals surface area contributed by atoms with Crippen molar-refractivity contribution in [3.05, 3.63) is 80.5 Å². The number of nitrogen functional groups attached to an aromatic ring is 1. The van der Waals surface area contributed by atoms with Crippen molar-refractivity contribution < 1.29 is 9.53 Å². The third-order valence-electron chi connectivity index (χ3n) is 6.30. The molecule has 3 N–H and O–H groups in total. The van der Waals surface area contributed by atoms with E-state index in [9.17, 15) is 9.59 Å². The Morgan fingerprint density at radius 1 is 1.37 bits per heavy atom. The third-order valence-corrected chi connectivity index (χ3v) is 6.90. The Hall–Kier alpha value is -3.82. The molecule has 0 aliphatic carbocycles. The summed E-state index contributed by atoms with van der Waals surface area (Å²) in [7, 11) is 3.42. The lowest BCUT2D eigenvalue weighted by molar-refractivity contribution is 0.112. The zero-order valence-electron chi connectivity index (χ0n) is 21.0. The smallest absolute Gasteiger partial charge is 0.205 e. The predicted octanol–water partition coefficient (Wildman–Crippen LogP) is 4.30. The van der Waals surface area contributed by atoms with E-state index in [0.717, 1.165) is 25.1 Å². The van der Waals surface area contributed by atoms with E-state index < -0.39 is 0 Å². The number of nitrogens with two attached hydrogens (primary N) is 1. The summed E-state index contributed by atoms with van der Waals surface area (Å²) in [5.41, 5.74) is 7.57. The maximum Gasteiger partial charge on any atom is 0.205 e. The maximum atomic E-state index is 13.0. The molecular weight excluding hydrogens is 527 g/mol. The summed E-state index contributed by atoms with van der Waals surface area (Å²) in [5, 5.41) is 4.16. The van der Waals surface area contributed by atoms with Gasteiger partial charge in [-0.3, -0.25) is 14.6 Å². The van der Waals surface area contributed by atoms with Gasteiger partial charge in [-0.2, -0.15) is 0 Å². The molecule has 1 unspecified atom stereocenters. The largest absolute Gasteiger partial charge is 0.476 e. The van der Waals surface area contributed by atoms with Gasteiger partial charge >= 0.3 is 0 Å². The Bertz CT molecular complexity index is 1500. The second-order valence-corrected chi connectivity index (χ2v) is 9.47. The number of benzene rings is 1. The Morgan fingerprint density at radius 3 is 2.89 bits per heavy atom. The van der Waals surface area contributed by atoms with E-state index in [1.165, 1.54) is 6.20 Å². The van der Waals surface area contributed by atoms with E-state index in [1.54, 1.807) is 61.4 Å². The summed E-state index contributed by atoms with van der Waals surface area (Å²) in [6.07, 6.45) is 10.5. The number of anilines is 2. The minimum absolute atomic E-state index is 0.0185. The SMILES string of the molecule is CN=C/C=C\C(Cl)=C(/NC)OCC1CCCN1c1cc2c(cc1Cl)c(=O)c(C=O)cn2-c1ccnc(N)c1. The van der Waals surface area contributed by atoms with Crippen molar-refractivity contribution in [3.63, 3.8) is 0 Å². The number of hydrogen-bond donors (Lipinski definition) is 2. The highest BCUT2D eigenvalue weighted by Gasteiger charge is 2.28. The van der Waals surface area contributed by atoms with Gasteiger partial charge in [-0.05, 0) is 43.2 Å². The van der Waals surface area contributed by atoms with Gasteiger partial charge in [-0.15, -0.1) is 0 Å². The molecule has 2 aromatic heterocycles. The van der Waals surface area contributed by atoms with Crippen LogP contribution in [0.1, 0.15) is 23.2 Å². The van der Waals surface area contributed by atoms with Crippen molar-refractivity contribution in [3.8, 4) is 5.69 Å². The summed E-state index contributed by atoms with van der Waals surface area (Å²) in [5.74, 6) is 0.770. The highest BCUT2D eigenvalue weighted by molar-refractivity contribution is 6.34. The number of carbonyl (C=O) groups is 1. The molecule has 0 amide bonds. The molecule has 198 valence electrons. The number of nitrogens with one attached hydrogen (secondary N) is 1. The number of rotatable bonds is 9. The highest BCUT2D eigenvalue weighted by Crippen LogP contribution is 2.35. The number of fused-ring (bicyclic) bond motifs is 1. The fraction of sp³-hybridized carbons (Fsp3) is 0.259. The minimum Gasteiger partial charge on any atom is -0.476 e. The summed E-state index contributed by atoms with van der Waals surface area (Å²) >= 11 is 13.1. The minimum atomic E-state index is -0.386. The first kappa shape index (κ1) is 27.2. The molecule has 3 heterocycles. The van der Waals surface area contributed by atoms with Crippen LogP contribution in [0, 0.1) is 0 Å². The molecule has 1 saturated heterocycles. The Balaban J connectivity index is 1.73. The van der Waals surface area contributed by atoms with E-state index in [1.807, 2.05) is 6.07 Å². The van der Waals surface area contributed by atoms with Crippen LogP contribution >= 0.6 is 23.2 Å². The van der Waals surface area contributed by atoms with E-state index in [2.05, 4.69) is 20.2 Å². The monoisotopic (exact) mass is 554 g/mol. The first-order valence-corrected chi connectivity index (χ1v) is 12.7. The third kappa shape index (κ3) is 5.69. The first-order chi connectivity index (χ1) is 18.4. The van der Waals surface area contributed by atoms with Crippen LogP contribution in [0.25, 0.3) is 16.6 Å². The molecule has 3 aromatic rings.